The second-order valence-electron chi connectivity index (χ2n) is 4.11. The van der Waals surface area contributed by atoms with Crippen molar-refractivity contribution in [3.8, 4) is 5.75 Å². The molecule has 0 aliphatic heterocycles. The van der Waals surface area contributed by atoms with Gasteiger partial charge in [-0.3, -0.25) is 10.1 Å². The van der Waals surface area contributed by atoms with Crippen LogP contribution < -0.4 is 4.74 Å². The molecule has 6 heteroatoms. The average Bonchev–Trinajstić information content (AvgIpc) is 2.42. The topological polar surface area (TPSA) is 69.4 Å². The number of esters is 1. The zero-order valence-electron chi connectivity index (χ0n) is 10.5. The number of carbonyl (C=O) groups is 1. The second kappa shape index (κ2) is 5.83. The van der Waals surface area contributed by atoms with Gasteiger partial charge in [-0.05, 0) is 30.7 Å². The van der Waals surface area contributed by atoms with Crippen molar-refractivity contribution in [3.05, 3.63) is 68.2 Å². The van der Waals surface area contributed by atoms with Crippen LogP contribution in [0.25, 0.3) is 0 Å². The highest BCUT2D eigenvalue weighted by atomic mass is 79.9. The summed E-state index contributed by atoms with van der Waals surface area (Å²) in [5, 5.41) is 10.6. The highest BCUT2D eigenvalue weighted by Gasteiger charge is 2.12. The molecule has 0 aromatic heterocycles. The van der Waals surface area contributed by atoms with E-state index in [9.17, 15) is 14.9 Å². The summed E-state index contributed by atoms with van der Waals surface area (Å²) >= 11 is 3.33. The Labute approximate surface area is 123 Å². The van der Waals surface area contributed by atoms with Crippen molar-refractivity contribution in [2.24, 2.45) is 0 Å². The number of ether oxygens (including phenoxy) is 1. The molecule has 2 aromatic rings. The van der Waals surface area contributed by atoms with Gasteiger partial charge < -0.3 is 4.74 Å². The summed E-state index contributed by atoms with van der Waals surface area (Å²) in [6.45, 7) is 1.90. The SMILES string of the molecule is Cc1ccc(C(=O)Oc2cccc([N+](=O)[O-])c2)cc1Br. The van der Waals surface area contributed by atoms with E-state index in [1.54, 1.807) is 18.2 Å². The van der Waals surface area contributed by atoms with E-state index in [0.29, 0.717) is 5.56 Å². The number of aryl methyl sites for hydroxylation is 1. The Kier molecular flexibility index (Phi) is 4.14. The van der Waals surface area contributed by atoms with Gasteiger partial charge in [0.1, 0.15) is 5.75 Å². The molecule has 0 bridgehead atoms. The molecule has 0 atom stereocenters. The van der Waals surface area contributed by atoms with Crippen molar-refractivity contribution < 1.29 is 14.5 Å². The van der Waals surface area contributed by atoms with Gasteiger partial charge in [-0.2, -0.15) is 0 Å². The number of nitro groups is 1. The number of non-ortho nitro benzene ring substituents is 1. The molecule has 0 fully saturated rings. The Morgan fingerprint density at radius 2 is 2.00 bits per heavy atom. The molecule has 0 aliphatic carbocycles. The third-order valence-electron chi connectivity index (χ3n) is 2.65. The van der Waals surface area contributed by atoms with E-state index in [1.165, 1.54) is 24.3 Å². The lowest BCUT2D eigenvalue weighted by molar-refractivity contribution is -0.384. The molecular formula is C14H10BrNO4. The van der Waals surface area contributed by atoms with E-state index in [4.69, 9.17) is 4.74 Å². The molecule has 0 unspecified atom stereocenters. The van der Waals surface area contributed by atoms with E-state index in [2.05, 4.69) is 15.9 Å². The summed E-state index contributed by atoms with van der Waals surface area (Å²) in [6.07, 6.45) is 0. The molecule has 2 aromatic carbocycles. The lowest BCUT2D eigenvalue weighted by atomic mass is 10.1. The molecule has 0 aliphatic rings. The minimum atomic E-state index is -0.564. The maximum absolute atomic E-state index is 11.9. The highest BCUT2D eigenvalue weighted by molar-refractivity contribution is 9.10. The van der Waals surface area contributed by atoms with E-state index in [0.717, 1.165) is 10.0 Å². The van der Waals surface area contributed by atoms with Crippen LogP contribution in [0.1, 0.15) is 15.9 Å². The predicted molar refractivity (Wildman–Crippen MR) is 76.9 cm³/mol. The van der Waals surface area contributed by atoms with Gasteiger partial charge in [0.25, 0.3) is 5.69 Å². The summed E-state index contributed by atoms with van der Waals surface area (Å²) < 4.78 is 5.92. The van der Waals surface area contributed by atoms with Crippen LogP contribution in [0.4, 0.5) is 5.69 Å². The highest BCUT2D eigenvalue weighted by Crippen LogP contribution is 2.22. The summed E-state index contributed by atoms with van der Waals surface area (Å²) in [5.74, 6) is -0.424. The lowest BCUT2D eigenvalue weighted by Crippen LogP contribution is -2.08. The van der Waals surface area contributed by atoms with Crippen LogP contribution in [0.3, 0.4) is 0 Å². The Morgan fingerprint density at radius 1 is 1.25 bits per heavy atom. The van der Waals surface area contributed by atoms with Crippen LogP contribution in [0, 0.1) is 17.0 Å². The molecule has 0 saturated heterocycles. The molecule has 0 amide bonds. The molecule has 0 saturated carbocycles. The first-order valence-corrected chi connectivity index (χ1v) is 6.49. The molecular weight excluding hydrogens is 326 g/mol. The van der Waals surface area contributed by atoms with E-state index >= 15 is 0 Å². The van der Waals surface area contributed by atoms with Crippen molar-refractivity contribution in [3.63, 3.8) is 0 Å². The van der Waals surface area contributed by atoms with Crippen LogP contribution in [0.2, 0.25) is 0 Å². The number of carbonyl (C=O) groups excluding carboxylic acids is 1. The molecule has 0 spiro atoms. The minimum absolute atomic E-state index is 0.125. The van der Waals surface area contributed by atoms with Crippen molar-refractivity contribution in [1.29, 1.82) is 0 Å². The van der Waals surface area contributed by atoms with Crippen LogP contribution in [0.15, 0.2) is 46.9 Å². The maximum atomic E-state index is 11.9. The van der Waals surface area contributed by atoms with Crippen LogP contribution >= 0.6 is 15.9 Å². The van der Waals surface area contributed by atoms with E-state index in [1.807, 2.05) is 6.92 Å². The van der Waals surface area contributed by atoms with Gasteiger partial charge in [-0.15, -0.1) is 0 Å². The van der Waals surface area contributed by atoms with Crippen molar-refractivity contribution >= 4 is 27.6 Å². The smallest absolute Gasteiger partial charge is 0.343 e. The number of benzene rings is 2. The third kappa shape index (κ3) is 3.21. The minimum Gasteiger partial charge on any atom is -0.423 e. The largest absolute Gasteiger partial charge is 0.423 e. The zero-order chi connectivity index (χ0) is 14.7. The van der Waals surface area contributed by atoms with E-state index < -0.39 is 10.9 Å². The Hall–Kier alpha value is -2.21. The number of rotatable bonds is 3. The average molecular weight is 336 g/mol. The molecule has 2 rings (SSSR count). The zero-order valence-corrected chi connectivity index (χ0v) is 12.1. The van der Waals surface area contributed by atoms with Gasteiger partial charge in [0.2, 0.25) is 0 Å². The summed E-state index contributed by atoms with van der Waals surface area (Å²) in [6, 6.07) is 10.6. The molecule has 0 N–H and O–H groups in total. The number of hydrogen-bond donors (Lipinski definition) is 0. The van der Waals surface area contributed by atoms with Gasteiger partial charge in [0.15, 0.2) is 0 Å². The maximum Gasteiger partial charge on any atom is 0.343 e. The number of hydrogen-bond acceptors (Lipinski definition) is 4. The van der Waals surface area contributed by atoms with Gasteiger partial charge in [0, 0.05) is 10.5 Å². The Bertz CT molecular complexity index is 685. The number of nitro benzene ring substituents is 1. The number of halogens is 1. The van der Waals surface area contributed by atoms with Crippen molar-refractivity contribution in [2.45, 2.75) is 6.92 Å². The van der Waals surface area contributed by atoms with Crippen LogP contribution in [-0.4, -0.2) is 10.9 Å². The first-order chi connectivity index (χ1) is 9.47. The van der Waals surface area contributed by atoms with Crippen LogP contribution in [0.5, 0.6) is 5.75 Å². The van der Waals surface area contributed by atoms with Gasteiger partial charge in [0.05, 0.1) is 16.6 Å². The predicted octanol–water partition coefficient (Wildman–Crippen LogP) is 3.88. The Balaban J connectivity index is 2.21. The first-order valence-electron chi connectivity index (χ1n) is 5.70. The second-order valence-corrected chi connectivity index (χ2v) is 4.96. The van der Waals surface area contributed by atoms with Gasteiger partial charge in [-0.1, -0.05) is 28.1 Å². The summed E-state index contributed by atoms with van der Waals surface area (Å²) in [5.41, 5.74) is 1.24. The molecule has 20 heavy (non-hydrogen) atoms. The monoisotopic (exact) mass is 335 g/mol. The van der Waals surface area contributed by atoms with Crippen molar-refractivity contribution in [1.82, 2.24) is 0 Å². The number of nitrogens with zero attached hydrogens (tertiary/aromatic N) is 1. The normalized spacial score (nSPS) is 10.1. The van der Waals surface area contributed by atoms with Gasteiger partial charge in [-0.25, -0.2) is 4.79 Å². The fraction of sp³-hybridized carbons (Fsp3) is 0.0714. The summed E-state index contributed by atoms with van der Waals surface area (Å²) in [7, 11) is 0. The fourth-order valence-corrected chi connectivity index (χ4v) is 1.93. The first kappa shape index (κ1) is 14.2. The molecule has 0 heterocycles. The standard InChI is InChI=1S/C14H10BrNO4/c1-9-5-6-10(7-13(9)15)14(17)20-12-4-2-3-11(8-12)16(18)19/h2-8H,1H3. The Morgan fingerprint density at radius 3 is 2.65 bits per heavy atom. The lowest BCUT2D eigenvalue weighted by Gasteiger charge is -2.05. The van der Waals surface area contributed by atoms with Gasteiger partial charge >= 0.3 is 5.97 Å². The molecule has 5 nitrogen and oxygen atoms in total. The van der Waals surface area contributed by atoms with Crippen molar-refractivity contribution in [2.75, 3.05) is 0 Å². The molecule has 0 radical (unpaired) electrons. The van der Waals surface area contributed by atoms with Crippen LogP contribution in [-0.2, 0) is 0 Å². The summed E-state index contributed by atoms with van der Waals surface area (Å²) in [4.78, 5) is 22.1. The fourth-order valence-electron chi connectivity index (χ4n) is 1.55. The van der Waals surface area contributed by atoms with E-state index in [-0.39, 0.29) is 11.4 Å². The third-order valence-corrected chi connectivity index (χ3v) is 3.50. The quantitative estimate of drug-likeness (QED) is 0.369. The molecule has 102 valence electrons.